The Morgan fingerprint density at radius 2 is 2.08 bits per heavy atom. The number of nitrogens with zero attached hydrogens (tertiary/aromatic N) is 5. The summed E-state index contributed by atoms with van der Waals surface area (Å²) in [5, 5.41) is 30.1. The fraction of sp³-hybridized carbons (Fsp3) is 0.643. The maximum Gasteiger partial charge on any atom is 0.168 e. The van der Waals surface area contributed by atoms with Gasteiger partial charge in [-0.1, -0.05) is 0 Å². The van der Waals surface area contributed by atoms with Crippen LogP contribution in [-0.4, -0.2) is 86.9 Å². The molecule has 2 aromatic heterocycles. The Morgan fingerprint density at radius 3 is 2.65 bits per heavy atom. The van der Waals surface area contributed by atoms with Crippen LogP contribution >= 0.6 is 0 Å². The number of hydrogen-bond acceptors (Lipinski definition) is 10. The maximum absolute atomic E-state index is 11.5. The van der Waals surface area contributed by atoms with Gasteiger partial charge in [-0.3, -0.25) is 4.57 Å². The van der Waals surface area contributed by atoms with E-state index in [1.54, 1.807) is 7.05 Å². The van der Waals surface area contributed by atoms with Crippen molar-refractivity contribution in [2.45, 2.75) is 31.0 Å². The van der Waals surface area contributed by atoms with Crippen LogP contribution in [0.3, 0.4) is 0 Å². The van der Waals surface area contributed by atoms with E-state index in [4.69, 9.17) is 4.74 Å². The predicted octanol–water partition coefficient (Wildman–Crippen LogP) is -1.73. The molecule has 0 saturated carbocycles. The molecule has 12 heteroatoms. The summed E-state index contributed by atoms with van der Waals surface area (Å²) in [7, 11) is -1.72. The lowest BCUT2D eigenvalue weighted by molar-refractivity contribution is -0.0950. The maximum atomic E-state index is 11.5. The third kappa shape index (κ3) is 3.14. The largest absolute Gasteiger partial charge is 0.394 e. The van der Waals surface area contributed by atoms with Gasteiger partial charge < -0.3 is 25.0 Å². The van der Waals surface area contributed by atoms with Crippen molar-refractivity contribution in [1.82, 2.24) is 19.5 Å². The second-order valence-electron chi connectivity index (χ2n) is 6.65. The average molecular weight is 387 g/mol. The lowest BCUT2D eigenvalue weighted by atomic mass is 9.96. The molecule has 0 aromatic carbocycles. The second kappa shape index (κ2) is 6.39. The van der Waals surface area contributed by atoms with Gasteiger partial charge in [0.25, 0.3) is 0 Å². The van der Waals surface area contributed by atoms with E-state index in [9.17, 15) is 23.7 Å². The molecular formula is C14H21N5O6S. The first-order valence-corrected chi connectivity index (χ1v) is 9.85. The van der Waals surface area contributed by atoms with E-state index in [-0.39, 0.29) is 5.88 Å². The Bertz CT molecular complexity index is 914. The molecule has 1 aliphatic rings. The number of aliphatic hydroxyl groups excluding tert-OH is 2. The van der Waals surface area contributed by atoms with Crippen molar-refractivity contribution >= 4 is 26.8 Å². The van der Waals surface area contributed by atoms with Gasteiger partial charge in [-0.15, -0.1) is 0 Å². The molecule has 2 aromatic rings. The van der Waals surface area contributed by atoms with Crippen molar-refractivity contribution in [1.29, 1.82) is 0 Å². The summed E-state index contributed by atoms with van der Waals surface area (Å²) in [4.78, 5) is 13.9. The van der Waals surface area contributed by atoms with Crippen LogP contribution in [0, 0.1) is 0 Å². The molecule has 0 spiro atoms. The van der Waals surface area contributed by atoms with E-state index in [0.717, 1.165) is 6.26 Å². The quantitative estimate of drug-likeness (QED) is 0.539. The first kappa shape index (κ1) is 18.9. The predicted molar refractivity (Wildman–Crippen MR) is 91.1 cm³/mol. The lowest BCUT2D eigenvalue weighted by Gasteiger charge is -2.27. The highest BCUT2D eigenvalue weighted by Crippen LogP contribution is 2.39. The zero-order valence-electron chi connectivity index (χ0n) is 14.5. The van der Waals surface area contributed by atoms with Crippen LogP contribution in [0.1, 0.15) is 13.2 Å². The molecule has 4 atom stereocenters. The highest BCUT2D eigenvalue weighted by Gasteiger charge is 2.53. The summed E-state index contributed by atoms with van der Waals surface area (Å²) in [6.45, 7) is 0.930. The Kier molecular flexibility index (Phi) is 4.65. The van der Waals surface area contributed by atoms with E-state index >= 15 is 0 Å². The van der Waals surface area contributed by atoms with Gasteiger partial charge in [0, 0.05) is 13.3 Å². The van der Waals surface area contributed by atoms with E-state index in [1.807, 2.05) is 0 Å². The van der Waals surface area contributed by atoms with Crippen LogP contribution in [0.15, 0.2) is 12.7 Å². The number of sulfone groups is 1. The molecule has 1 fully saturated rings. The zero-order valence-corrected chi connectivity index (χ0v) is 15.3. The monoisotopic (exact) mass is 387 g/mol. The topological polar surface area (TPSA) is 151 Å². The highest BCUT2D eigenvalue weighted by molar-refractivity contribution is 7.90. The van der Waals surface area contributed by atoms with Gasteiger partial charge in [-0.25, -0.2) is 23.4 Å². The van der Waals surface area contributed by atoms with Crippen molar-refractivity contribution in [3.63, 3.8) is 0 Å². The molecule has 1 saturated heterocycles. The van der Waals surface area contributed by atoms with Crippen molar-refractivity contribution in [2.75, 3.05) is 30.7 Å². The Morgan fingerprint density at radius 1 is 1.38 bits per heavy atom. The van der Waals surface area contributed by atoms with Crippen LogP contribution < -0.4 is 4.90 Å². The van der Waals surface area contributed by atoms with Gasteiger partial charge in [0.05, 0.1) is 12.9 Å². The van der Waals surface area contributed by atoms with Gasteiger partial charge in [-0.05, 0) is 6.92 Å². The van der Waals surface area contributed by atoms with Crippen LogP contribution in [-0.2, 0) is 14.6 Å². The summed E-state index contributed by atoms with van der Waals surface area (Å²) >= 11 is 0. The third-order valence-electron chi connectivity index (χ3n) is 4.32. The van der Waals surface area contributed by atoms with Gasteiger partial charge in [0.15, 0.2) is 33.0 Å². The molecule has 26 heavy (non-hydrogen) atoms. The van der Waals surface area contributed by atoms with E-state index in [0.29, 0.717) is 17.0 Å². The van der Waals surface area contributed by atoms with Gasteiger partial charge in [0.1, 0.15) is 30.0 Å². The molecule has 144 valence electrons. The summed E-state index contributed by atoms with van der Waals surface area (Å²) in [6, 6.07) is 0. The minimum absolute atomic E-state index is 0.255. The number of anilines is 1. The number of rotatable bonds is 5. The van der Waals surface area contributed by atoms with Crippen LogP contribution in [0.2, 0.25) is 0 Å². The summed E-state index contributed by atoms with van der Waals surface area (Å²) < 4.78 is 30.1. The van der Waals surface area contributed by atoms with Crippen molar-refractivity contribution in [2.24, 2.45) is 0 Å². The summed E-state index contributed by atoms with van der Waals surface area (Å²) in [6.07, 6.45) is 0.426. The molecule has 1 unspecified atom stereocenters. The van der Waals surface area contributed by atoms with Crippen molar-refractivity contribution in [3.8, 4) is 0 Å². The Labute approximate surface area is 149 Å². The van der Waals surface area contributed by atoms with Crippen molar-refractivity contribution < 1.29 is 28.5 Å². The standard InChI is InChI=1S/C14H21N5O6S/c1-14(22)10(21)8(4-20)25-13(14)19-6-17-9-11(15-5-16-12(9)19)18(2)7-26(3,23)24/h5-6,8,10,13,20-22H,4,7H2,1-3H3/t8-,10+,13-,14?/m1/s1. The summed E-state index contributed by atoms with van der Waals surface area (Å²) in [5.74, 6) is 0.0469. The van der Waals surface area contributed by atoms with Gasteiger partial charge in [-0.2, -0.15) is 0 Å². The molecule has 0 bridgehead atoms. The molecule has 0 radical (unpaired) electrons. The van der Waals surface area contributed by atoms with Crippen LogP contribution in [0.5, 0.6) is 0 Å². The smallest absolute Gasteiger partial charge is 0.168 e. The number of aromatic nitrogens is 4. The molecule has 1 aliphatic heterocycles. The highest BCUT2D eigenvalue weighted by atomic mass is 32.2. The van der Waals surface area contributed by atoms with Gasteiger partial charge >= 0.3 is 0 Å². The Hall–Kier alpha value is -1.86. The first-order chi connectivity index (χ1) is 12.1. The second-order valence-corrected chi connectivity index (χ2v) is 8.76. The number of imidazole rings is 1. The molecule has 3 rings (SSSR count). The molecule has 0 aliphatic carbocycles. The van der Waals surface area contributed by atoms with Crippen molar-refractivity contribution in [3.05, 3.63) is 12.7 Å². The zero-order chi connectivity index (χ0) is 19.3. The molecule has 11 nitrogen and oxygen atoms in total. The molecular weight excluding hydrogens is 366 g/mol. The number of fused-ring (bicyclic) bond motifs is 1. The number of aliphatic hydroxyl groups is 3. The molecule has 3 N–H and O–H groups in total. The van der Waals surface area contributed by atoms with E-state index in [1.165, 1.54) is 29.0 Å². The summed E-state index contributed by atoms with van der Waals surface area (Å²) in [5.41, 5.74) is -1.07. The minimum atomic E-state index is -3.28. The fourth-order valence-electron chi connectivity index (χ4n) is 3.09. The fourth-order valence-corrected chi connectivity index (χ4v) is 3.92. The first-order valence-electron chi connectivity index (χ1n) is 7.79. The third-order valence-corrected chi connectivity index (χ3v) is 5.17. The molecule has 3 heterocycles. The Balaban J connectivity index is 2.04. The normalized spacial score (nSPS) is 29.4. The molecule has 0 amide bonds. The van der Waals surface area contributed by atoms with E-state index < -0.39 is 40.5 Å². The van der Waals surface area contributed by atoms with E-state index in [2.05, 4.69) is 15.0 Å². The average Bonchev–Trinajstić information content (AvgIpc) is 3.05. The van der Waals surface area contributed by atoms with Crippen LogP contribution in [0.4, 0.5) is 5.82 Å². The van der Waals surface area contributed by atoms with Crippen LogP contribution in [0.25, 0.3) is 11.2 Å². The minimum Gasteiger partial charge on any atom is -0.394 e. The van der Waals surface area contributed by atoms with Gasteiger partial charge in [0.2, 0.25) is 0 Å². The number of hydrogen-bond donors (Lipinski definition) is 3. The number of ether oxygens (including phenoxy) is 1. The lowest BCUT2D eigenvalue weighted by Crippen LogP contribution is -2.44. The SMILES string of the molecule is CN(CS(C)(=O)=O)c1ncnc2c1ncn2[C@@H]1O[C@H](CO)[C@H](O)C1(C)O.